The Bertz CT molecular complexity index is 463. The van der Waals surface area contributed by atoms with Crippen molar-refractivity contribution in [2.45, 2.75) is 19.8 Å². The molecule has 1 aromatic rings. The summed E-state index contributed by atoms with van der Waals surface area (Å²) in [5.41, 5.74) is 2.20. The molecular weight excluding hydrogens is 276 g/mol. The lowest BCUT2D eigenvalue weighted by molar-refractivity contribution is -0.115. The molecule has 1 saturated carbocycles. The highest BCUT2D eigenvalue weighted by molar-refractivity contribution is 9.11. The molecule has 88 valence electrons. The third kappa shape index (κ3) is 3.40. The summed E-state index contributed by atoms with van der Waals surface area (Å²) in [7, 11) is 0. The van der Waals surface area contributed by atoms with Crippen molar-refractivity contribution in [1.29, 1.82) is 0 Å². The van der Waals surface area contributed by atoms with Crippen LogP contribution in [0.5, 0.6) is 0 Å². The first-order chi connectivity index (χ1) is 8.18. The second kappa shape index (κ2) is 5.46. The summed E-state index contributed by atoms with van der Waals surface area (Å²) in [5.74, 6) is 0.547. The van der Waals surface area contributed by atoms with Crippen LogP contribution in [0.3, 0.4) is 0 Å². The van der Waals surface area contributed by atoms with E-state index in [1.54, 1.807) is 6.08 Å². The molecule has 17 heavy (non-hydrogen) atoms. The van der Waals surface area contributed by atoms with Crippen LogP contribution in [0.4, 0.5) is 0 Å². The Kier molecular flexibility index (Phi) is 3.95. The molecule has 1 fully saturated rings. The van der Waals surface area contributed by atoms with E-state index in [0.717, 1.165) is 28.5 Å². The number of halogens is 1. The predicted octanol–water partition coefficient (Wildman–Crippen LogP) is 4.35. The van der Waals surface area contributed by atoms with E-state index >= 15 is 0 Å². The molecular formula is C15H15BrO. The van der Waals surface area contributed by atoms with Crippen molar-refractivity contribution < 1.29 is 4.79 Å². The van der Waals surface area contributed by atoms with Gasteiger partial charge in [0.25, 0.3) is 0 Å². The normalized spacial score (nSPS) is 17.1. The van der Waals surface area contributed by atoms with Gasteiger partial charge in [0.15, 0.2) is 5.78 Å². The summed E-state index contributed by atoms with van der Waals surface area (Å²) in [4.78, 5) is 11.6. The number of ketones is 1. The first-order valence-corrected chi connectivity index (χ1v) is 6.61. The molecule has 0 saturated heterocycles. The smallest absolute Gasteiger partial charge is 0.158 e. The molecule has 0 amide bonds. The summed E-state index contributed by atoms with van der Waals surface area (Å²) in [6, 6.07) is 10.1. The van der Waals surface area contributed by atoms with Crippen LogP contribution in [0.25, 0.3) is 5.57 Å². The minimum atomic E-state index is 0.257. The second-order valence-corrected chi connectivity index (χ2v) is 5.51. The Hall–Kier alpha value is -1.15. The second-order valence-electron chi connectivity index (χ2n) is 4.32. The van der Waals surface area contributed by atoms with Crippen LogP contribution in [0.1, 0.15) is 25.3 Å². The zero-order valence-corrected chi connectivity index (χ0v) is 11.4. The molecule has 0 unspecified atom stereocenters. The molecule has 0 atom stereocenters. The average molecular weight is 291 g/mol. The van der Waals surface area contributed by atoms with Crippen molar-refractivity contribution in [3.8, 4) is 0 Å². The van der Waals surface area contributed by atoms with Crippen LogP contribution in [0.15, 0.2) is 47.0 Å². The molecule has 0 radical (unpaired) electrons. The standard InChI is InChI=1S/C15H15BrO/c1-11(16)14(12-5-3-2-4-6-12)9-10-15(17)13-7-8-13/h2-6,9-10,13H,7-8H2,1H3. The number of benzene rings is 1. The van der Waals surface area contributed by atoms with Gasteiger partial charge < -0.3 is 0 Å². The van der Waals surface area contributed by atoms with Gasteiger partial charge >= 0.3 is 0 Å². The quantitative estimate of drug-likeness (QED) is 0.595. The maximum atomic E-state index is 11.6. The molecule has 1 aromatic carbocycles. The van der Waals surface area contributed by atoms with Crippen LogP contribution in [-0.4, -0.2) is 5.78 Å². The molecule has 0 bridgehead atoms. The largest absolute Gasteiger partial charge is 0.295 e. The minimum absolute atomic E-state index is 0.257. The van der Waals surface area contributed by atoms with E-state index in [0.29, 0.717) is 5.92 Å². The van der Waals surface area contributed by atoms with Gasteiger partial charge in [-0.25, -0.2) is 0 Å². The Morgan fingerprint density at radius 2 is 1.88 bits per heavy atom. The van der Waals surface area contributed by atoms with Crippen LogP contribution in [0.2, 0.25) is 0 Å². The van der Waals surface area contributed by atoms with Crippen molar-refractivity contribution >= 4 is 27.3 Å². The SMILES string of the molecule is CC(Br)=C(C=CC(=O)C1CC1)c1ccccc1. The molecule has 2 heteroatoms. The molecule has 0 aromatic heterocycles. The van der Waals surface area contributed by atoms with E-state index in [4.69, 9.17) is 0 Å². The molecule has 0 spiro atoms. The van der Waals surface area contributed by atoms with Crippen molar-refractivity contribution in [2.75, 3.05) is 0 Å². The van der Waals surface area contributed by atoms with Crippen LogP contribution in [-0.2, 0) is 4.79 Å². The number of carbonyl (C=O) groups is 1. The van der Waals surface area contributed by atoms with Crippen molar-refractivity contribution in [2.24, 2.45) is 5.92 Å². The maximum absolute atomic E-state index is 11.6. The summed E-state index contributed by atoms with van der Waals surface area (Å²) in [6.45, 7) is 1.99. The fourth-order valence-electron chi connectivity index (χ4n) is 1.70. The van der Waals surface area contributed by atoms with Gasteiger partial charge in [-0.3, -0.25) is 4.79 Å². The highest BCUT2D eigenvalue weighted by Gasteiger charge is 2.27. The Balaban J connectivity index is 2.20. The summed E-state index contributed by atoms with van der Waals surface area (Å²) in [6.07, 6.45) is 5.74. The van der Waals surface area contributed by atoms with E-state index in [1.807, 2.05) is 43.3 Å². The molecule has 1 nitrogen and oxygen atoms in total. The minimum Gasteiger partial charge on any atom is -0.295 e. The monoisotopic (exact) mass is 290 g/mol. The first-order valence-electron chi connectivity index (χ1n) is 5.82. The molecule has 0 aliphatic heterocycles. The highest BCUT2D eigenvalue weighted by atomic mass is 79.9. The fraction of sp³-hybridized carbons (Fsp3) is 0.267. The third-order valence-electron chi connectivity index (χ3n) is 2.85. The van der Waals surface area contributed by atoms with Crippen molar-refractivity contribution in [1.82, 2.24) is 0 Å². The fourth-order valence-corrected chi connectivity index (χ4v) is 2.06. The molecule has 1 aliphatic rings. The highest BCUT2D eigenvalue weighted by Crippen LogP contribution is 2.31. The molecule has 0 N–H and O–H groups in total. The Morgan fingerprint density at radius 3 is 2.41 bits per heavy atom. The first kappa shape index (κ1) is 12.3. The summed E-state index contributed by atoms with van der Waals surface area (Å²) >= 11 is 3.50. The van der Waals surface area contributed by atoms with Gasteiger partial charge in [0, 0.05) is 5.92 Å². The van der Waals surface area contributed by atoms with Gasteiger partial charge in [-0.2, -0.15) is 0 Å². The van der Waals surface area contributed by atoms with Crippen molar-refractivity contribution in [3.63, 3.8) is 0 Å². The lowest BCUT2D eigenvalue weighted by atomic mass is 10.0. The topological polar surface area (TPSA) is 17.1 Å². The van der Waals surface area contributed by atoms with Gasteiger partial charge in [-0.1, -0.05) is 52.3 Å². The molecule has 2 rings (SSSR count). The van der Waals surface area contributed by atoms with E-state index in [-0.39, 0.29) is 5.78 Å². The zero-order chi connectivity index (χ0) is 12.3. The van der Waals surface area contributed by atoms with Gasteiger partial charge in [0.2, 0.25) is 0 Å². The van der Waals surface area contributed by atoms with Crippen LogP contribution < -0.4 is 0 Å². The number of rotatable bonds is 4. The lowest BCUT2D eigenvalue weighted by Crippen LogP contribution is -1.94. The Labute approximate surface area is 110 Å². The zero-order valence-electron chi connectivity index (χ0n) is 9.82. The van der Waals surface area contributed by atoms with E-state index in [9.17, 15) is 4.79 Å². The van der Waals surface area contributed by atoms with Gasteiger partial charge in [-0.15, -0.1) is 0 Å². The molecule has 1 aliphatic carbocycles. The summed E-state index contributed by atoms with van der Waals surface area (Å²) in [5, 5.41) is 0. The number of carbonyl (C=O) groups excluding carboxylic acids is 1. The predicted molar refractivity (Wildman–Crippen MR) is 74.8 cm³/mol. The van der Waals surface area contributed by atoms with E-state index < -0.39 is 0 Å². The van der Waals surface area contributed by atoms with Crippen LogP contribution >= 0.6 is 15.9 Å². The van der Waals surface area contributed by atoms with Crippen LogP contribution in [0, 0.1) is 5.92 Å². The van der Waals surface area contributed by atoms with Gasteiger partial charge in [-0.05, 0) is 41.5 Å². The number of hydrogen-bond donors (Lipinski definition) is 0. The summed E-state index contributed by atoms with van der Waals surface area (Å²) < 4.78 is 1.04. The maximum Gasteiger partial charge on any atom is 0.158 e. The lowest BCUT2D eigenvalue weighted by Gasteiger charge is -2.03. The van der Waals surface area contributed by atoms with Crippen molar-refractivity contribution in [3.05, 3.63) is 52.5 Å². The third-order valence-corrected chi connectivity index (χ3v) is 3.28. The molecule has 0 heterocycles. The van der Waals surface area contributed by atoms with E-state index in [2.05, 4.69) is 15.9 Å². The van der Waals surface area contributed by atoms with Gasteiger partial charge in [0.05, 0.1) is 0 Å². The Morgan fingerprint density at radius 1 is 1.24 bits per heavy atom. The average Bonchev–Trinajstić information content (AvgIpc) is 3.14. The number of allylic oxidation sites excluding steroid dienone is 4. The number of hydrogen-bond acceptors (Lipinski definition) is 1. The van der Waals surface area contributed by atoms with E-state index in [1.165, 1.54) is 0 Å². The van der Waals surface area contributed by atoms with Gasteiger partial charge in [0.1, 0.15) is 0 Å².